The minimum Gasteiger partial charge on any atom is -0.462 e. The predicted octanol–water partition coefficient (Wildman–Crippen LogP) is 1.55. The first kappa shape index (κ1) is 13.7. The van der Waals surface area contributed by atoms with Crippen LogP contribution in [0.25, 0.3) is 0 Å². The quantitative estimate of drug-likeness (QED) is 0.833. The SMILES string of the molecule is CCOC(=O)c1cnc(NC2CCCOC2)nc1C. The van der Waals surface area contributed by atoms with E-state index in [0.717, 1.165) is 19.4 Å². The summed E-state index contributed by atoms with van der Waals surface area (Å²) in [6, 6.07) is 0.238. The maximum Gasteiger partial charge on any atom is 0.341 e. The standard InChI is InChI=1S/C13H19N3O3/c1-3-19-12(17)11-7-14-13(15-9(11)2)16-10-5-4-6-18-8-10/h7,10H,3-6,8H2,1-2H3,(H,14,15,16). The molecule has 1 aromatic rings. The summed E-state index contributed by atoms with van der Waals surface area (Å²) in [7, 11) is 0. The lowest BCUT2D eigenvalue weighted by molar-refractivity contribution is 0.0524. The maximum absolute atomic E-state index is 11.6. The van der Waals surface area contributed by atoms with Gasteiger partial charge in [-0.05, 0) is 26.7 Å². The molecule has 1 saturated heterocycles. The number of carbonyl (C=O) groups excluding carboxylic acids is 1. The van der Waals surface area contributed by atoms with Crippen molar-refractivity contribution in [3.63, 3.8) is 0 Å². The first-order valence-corrected chi connectivity index (χ1v) is 6.55. The van der Waals surface area contributed by atoms with Gasteiger partial charge in [0.25, 0.3) is 0 Å². The molecule has 0 aliphatic carbocycles. The van der Waals surface area contributed by atoms with Gasteiger partial charge in [-0.1, -0.05) is 0 Å². The van der Waals surface area contributed by atoms with Crippen molar-refractivity contribution in [1.82, 2.24) is 9.97 Å². The molecule has 2 heterocycles. The molecule has 1 aromatic heterocycles. The average molecular weight is 265 g/mol. The predicted molar refractivity (Wildman–Crippen MR) is 70.2 cm³/mol. The number of rotatable bonds is 4. The molecular weight excluding hydrogens is 246 g/mol. The molecule has 6 nitrogen and oxygen atoms in total. The second kappa shape index (κ2) is 6.47. The molecule has 1 unspecified atom stereocenters. The Morgan fingerprint density at radius 3 is 3.11 bits per heavy atom. The van der Waals surface area contributed by atoms with Crippen LogP contribution in [0, 0.1) is 6.92 Å². The molecule has 0 bridgehead atoms. The van der Waals surface area contributed by atoms with Gasteiger partial charge in [0, 0.05) is 12.8 Å². The third kappa shape index (κ3) is 3.64. The molecule has 2 rings (SSSR count). The number of nitrogens with one attached hydrogen (secondary N) is 1. The van der Waals surface area contributed by atoms with E-state index in [9.17, 15) is 4.79 Å². The lowest BCUT2D eigenvalue weighted by Gasteiger charge is -2.23. The largest absolute Gasteiger partial charge is 0.462 e. The molecule has 0 saturated carbocycles. The molecule has 104 valence electrons. The van der Waals surface area contributed by atoms with Gasteiger partial charge in [-0.2, -0.15) is 0 Å². The third-order valence-electron chi connectivity index (χ3n) is 2.97. The van der Waals surface area contributed by atoms with Gasteiger partial charge >= 0.3 is 5.97 Å². The molecule has 1 aliphatic heterocycles. The molecule has 1 atom stereocenters. The summed E-state index contributed by atoms with van der Waals surface area (Å²) in [6.45, 7) is 5.38. The Balaban J connectivity index is 2.03. The van der Waals surface area contributed by atoms with E-state index in [0.29, 0.717) is 30.4 Å². The Labute approximate surface area is 112 Å². The third-order valence-corrected chi connectivity index (χ3v) is 2.97. The number of hydrogen-bond acceptors (Lipinski definition) is 6. The van der Waals surface area contributed by atoms with Crippen LogP contribution in [0.2, 0.25) is 0 Å². The van der Waals surface area contributed by atoms with E-state index >= 15 is 0 Å². The van der Waals surface area contributed by atoms with Crippen molar-refractivity contribution in [3.05, 3.63) is 17.5 Å². The second-order valence-electron chi connectivity index (χ2n) is 4.47. The summed E-state index contributed by atoms with van der Waals surface area (Å²) in [5, 5.41) is 3.22. The van der Waals surface area contributed by atoms with Crippen LogP contribution in [0.5, 0.6) is 0 Å². The van der Waals surface area contributed by atoms with Crippen LogP contribution in [0.1, 0.15) is 35.8 Å². The van der Waals surface area contributed by atoms with Gasteiger partial charge < -0.3 is 14.8 Å². The highest BCUT2D eigenvalue weighted by Crippen LogP contribution is 2.13. The highest BCUT2D eigenvalue weighted by molar-refractivity contribution is 5.90. The Bertz CT molecular complexity index is 445. The summed E-state index contributed by atoms with van der Waals surface area (Å²) >= 11 is 0. The van der Waals surface area contributed by atoms with Gasteiger partial charge in [0.05, 0.1) is 30.5 Å². The second-order valence-corrected chi connectivity index (χ2v) is 4.47. The van der Waals surface area contributed by atoms with E-state index in [1.54, 1.807) is 13.8 Å². The zero-order valence-corrected chi connectivity index (χ0v) is 11.3. The van der Waals surface area contributed by atoms with Crippen LogP contribution in [0.15, 0.2) is 6.20 Å². The van der Waals surface area contributed by atoms with Crippen molar-refractivity contribution in [2.24, 2.45) is 0 Å². The van der Waals surface area contributed by atoms with Gasteiger partial charge in [0.15, 0.2) is 0 Å². The smallest absolute Gasteiger partial charge is 0.341 e. The molecule has 0 spiro atoms. The molecular formula is C13H19N3O3. The Morgan fingerprint density at radius 2 is 2.47 bits per heavy atom. The maximum atomic E-state index is 11.6. The first-order chi connectivity index (χ1) is 9.20. The first-order valence-electron chi connectivity index (χ1n) is 6.55. The molecule has 1 N–H and O–H groups in total. The van der Waals surface area contributed by atoms with Crippen molar-refractivity contribution >= 4 is 11.9 Å². The average Bonchev–Trinajstić information content (AvgIpc) is 2.40. The fourth-order valence-electron chi connectivity index (χ4n) is 1.98. The van der Waals surface area contributed by atoms with E-state index < -0.39 is 0 Å². The summed E-state index contributed by atoms with van der Waals surface area (Å²) in [6.07, 6.45) is 3.59. The van der Waals surface area contributed by atoms with Crippen LogP contribution in [-0.2, 0) is 9.47 Å². The van der Waals surface area contributed by atoms with Crippen LogP contribution in [0.4, 0.5) is 5.95 Å². The number of carbonyl (C=O) groups is 1. The number of aromatic nitrogens is 2. The van der Waals surface area contributed by atoms with Crippen molar-refractivity contribution < 1.29 is 14.3 Å². The van der Waals surface area contributed by atoms with Gasteiger partial charge in [0.1, 0.15) is 0 Å². The van der Waals surface area contributed by atoms with Crippen molar-refractivity contribution in [2.75, 3.05) is 25.1 Å². The van der Waals surface area contributed by atoms with E-state index in [4.69, 9.17) is 9.47 Å². The summed E-state index contributed by atoms with van der Waals surface area (Å²) < 4.78 is 10.3. The van der Waals surface area contributed by atoms with Gasteiger partial charge in [0.2, 0.25) is 5.95 Å². The van der Waals surface area contributed by atoms with Gasteiger partial charge in [-0.15, -0.1) is 0 Å². The molecule has 1 aliphatic rings. The number of hydrogen-bond donors (Lipinski definition) is 1. The molecule has 0 aromatic carbocycles. The highest BCUT2D eigenvalue weighted by Gasteiger charge is 2.16. The Hall–Kier alpha value is -1.69. The zero-order chi connectivity index (χ0) is 13.7. The Morgan fingerprint density at radius 1 is 1.63 bits per heavy atom. The Kier molecular flexibility index (Phi) is 4.68. The summed E-state index contributed by atoms with van der Waals surface area (Å²) in [5.74, 6) is 0.147. The van der Waals surface area contributed by atoms with Crippen LogP contribution >= 0.6 is 0 Å². The number of anilines is 1. The normalized spacial score (nSPS) is 18.9. The van der Waals surface area contributed by atoms with E-state index in [2.05, 4.69) is 15.3 Å². The van der Waals surface area contributed by atoms with Gasteiger partial charge in [-0.3, -0.25) is 0 Å². The molecule has 19 heavy (non-hydrogen) atoms. The van der Waals surface area contributed by atoms with Crippen LogP contribution in [0.3, 0.4) is 0 Å². The zero-order valence-electron chi connectivity index (χ0n) is 11.3. The molecule has 1 fully saturated rings. The van der Waals surface area contributed by atoms with Crippen molar-refractivity contribution in [3.8, 4) is 0 Å². The summed E-state index contributed by atoms with van der Waals surface area (Å²) in [5.41, 5.74) is 1.03. The minimum atomic E-state index is -0.382. The van der Waals surface area contributed by atoms with Gasteiger partial charge in [-0.25, -0.2) is 14.8 Å². The van der Waals surface area contributed by atoms with Crippen molar-refractivity contribution in [2.45, 2.75) is 32.7 Å². The number of ether oxygens (including phenoxy) is 2. The number of esters is 1. The minimum absolute atomic E-state index is 0.238. The fraction of sp³-hybridized carbons (Fsp3) is 0.615. The number of aryl methyl sites for hydroxylation is 1. The molecule has 6 heteroatoms. The van der Waals surface area contributed by atoms with Crippen molar-refractivity contribution in [1.29, 1.82) is 0 Å². The summed E-state index contributed by atoms with van der Waals surface area (Å²) in [4.78, 5) is 20.1. The van der Waals surface area contributed by atoms with E-state index in [-0.39, 0.29) is 12.0 Å². The van der Waals surface area contributed by atoms with E-state index in [1.807, 2.05) is 0 Å². The van der Waals surface area contributed by atoms with E-state index in [1.165, 1.54) is 6.20 Å². The lowest BCUT2D eigenvalue weighted by Crippen LogP contribution is -2.30. The monoisotopic (exact) mass is 265 g/mol. The number of nitrogens with zero attached hydrogens (tertiary/aromatic N) is 2. The highest BCUT2D eigenvalue weighted by atomic mass is 16.5. The van der Waals surface area contributed by atoms with Crippen LogP contribution < -0.4 is 5.32 Å². The molecule has 0 radical (unpaired) electrons. The fourth-order valence-corrected chi connectivity index (χ4v) is 1.98. The van der Waals surface area contributed by atoms with Crippen LogP contribution in [-0.4, -0.2) is 41.8 Å². The topological polar surface area (TPSA) is 73.3 Å². The lowest BCUT2D eigenvalue weighted by atomic mass is 10.1. The molecule has 0 amide bonds.